The number of hydrogen-bond acceptors (Lipinski definition) is 5. The van der Waals surface area contributed by atoms with Gasteiger partial charge in [0.1, 0.15) is 0 Å². The fourth-order valence-corrected chi connectivity index (χ4v) is 3.83. The van der Waals surface area contributed by atoms with Crippen LogP contribution in [0.1, 0.15) is 30.0 Å². The Kier molecular flexibility index (Phi) is 4.02. The van der Waals surface area contributed by atoms with E-state index in [1.165, 1.54) is 0 Å². The molecular formula is C21H18ClN3O3. The number of amides is 1. The lowest BCUT2D eigenvalue weighted by atomic mass is 9.94. The second-order valence-corrected chi connectivity index (χ2v) is 7.50. The van der Waals surface area contributed by atoms with E-state index in [4.69, 9.17) is 21.1 Å². The Labute approximate surface area is 167 Å². The second-order valence-electron chi connectivity index (χ2n) is 7.09. The third-order valence-electron chi connectivity index (χ3n) is 5.36. The quantitative estimate of drug-likeness (QED) is 0.835. The molecule has 1 amide bonds. The number of nitrogens with one attached hydrogen (secondary N) is 2. The number of halogens is 1. The first-order valence-electron chi connectivity index (χ1n) is 9.13. The molecule has 0 radical (unpaired) electrons. The zero-order valence-electron chi connectivity index (χ0n) is 14.9. The molecule has 0 spiro atoms. The Morgan fingerprint density at radius 3 is 2.75 bits per heavy atom. The maximum absolute atomic E-state index is 13.0. The molecule has 1 atom stereocenters. The summed E-state index contributed by atoms with van der Waals surface area (Å²) < 4.78 is 10.8. The van der Waals surface area contributed by atoms with Gasteiger partial charge in [0.2, 0.25) is 12.7 Å². The average molecular weight is 396 g/mol. The van der Waals surface area contributed by atoms with E-state index in [1.807, 2.05) is 48.5 Å². The van der Waals surface area contributed by atoms with Gasteiger partial charge < -0.3 is 14.8 Å². The summed E-state index contributed by atoms with van der Waals surface area (Å²) in [6, 6.07) is 13.2. The van der Waals surface area contributed by atoms with Gasteiger partial charge >= 0.3 is 0 Å². The predicted octanol–water partition coefficient (Wildman–Crippen LogP) is 3.43. The number of fused-ring (bicyclic) bond motifs is 1. The van der Waals surface area contributed by atoms with E-state index in [2.05, 4.69) is 15.8 Å². The van der Waals surface area contributed by atoms with Crippen LogP contribution in [0.2, 0.25) is 5.02 Å². The standard InChI is InChI=1S/C21H18ClN3O3/c22-15-4-2-1-3-14(15)16-6-8-19(25-24-16)23-20(26)21(9-10-21)13-5-7-17-18(11-13)28-12-27-17/h1-8,11,16,24H,9-10,12H2,(H,23,25,26). The van der Waals surface area contributed by atoms with Gasteiger partial charge in [0.15, 0.2) is 17.3 Å². The number of ether oxygens (including phenoxy) is 2. The number of hydrazone groups is 1. The molecule has 7 heteroatoms. The summed E-state index contributed by atoms with van der Waals surface area (Å²) in [6.45, 7) is 0.220. The van der Waals surface area contributed by atoms with Crippen molar-refractivity contribution >= 4 is 23.3 Å². The molecular weight excluding hydrogens is 378 g/mol. The van der Waals surface area contributed by atoms with Gasteiger partial charge in [-0.25, -0.2) is 0 Å². The maximum Gasteiger partial charge on any atom is 0.236 e. The molecule has 1 fully saturated rings. The maximum atomic E-state index is 13.0. The Balaban J connectivity index is 1.29. The monoisotopic (exact) mass is 395 g/mol. The lowest BCUT2D eigenvalue weighted by Crippen LogP contribution is -2.40. The van der Waals surface area contributed by atoms with E-state index < -0.39 is 5.41 Å². The van der Waals surface area contributed by atoms with Crippen molar-refractivity contribution in [2.75, 3.05) is 6.79 Å². The first-order valence-corrected chi connectivity index (χ1v) is 9.51. The minimum Gasteiger partial charge on any atom is -0.454 e. The molecule has 1 saturated carbocycles. The van der Waals surface area contributed by atoms with Crippen LogP contribution in [0.15, 0.2) is 59.7 Å². The fraction of sp³-hybridized carbons (Fsp3) is 0.238. The lowest BCUT2D eigenvalue weighted by molar-refractivity contribution is -0.122. The highest BCUT2D eigenvalue weighted by atomic mass is 35.5. The van der Waals surface area contributed by atoms with Crippen LogP contribution in [-0.2, 0) is 10.2 Å². The Morgan fingerprint density at radius 1 is 1.18 bits per heavy atom. The molecule has 28 heavy (non-hydrogen) atoms. The van der Waals surface area contributed by atoms with Crippen LogP contribution in [0.4, 0.5) is 0 Å². The summed E-state index contributed by atoms with van der Waals surface area (Å²) in [7, 11) is 0. The normalized spacial score (nSPS) is 20.9. The second kappa shape index (κ2) is 6.56. The largest absolute Gasteiger partial charge is 0.454 e. The summed E-state index contributed by atoms with van der Waals surface area (Å²) in [6.07, 6.45) is 5.33. The van der Waals surface area contributed by atoms with Gasteiger partial charge in [0.25, 0.3) is 0 Å². The highest BCUT2D eigenvalue weighted by Gasteiger charge is 2.52. The van der Waals surface area contributed by atoms with E-state index in [0.717, 1.165) is 29.7 Å². The molecule has 142 valence electrons. The predicted molar refractivity (Wildman–Crippen MR) is 106 cm³/mol. The van der Waals surface area contributed by atoms with Crippen LogP contribution in [0.3, 0.4) is 0 Å². The summed E-state index contributed by atoms with van der Waals surface area (Å²) in [4.78, 5) is 13.0. The zero-order chi connectivity index (χ0) is 19.1. The smallest absolute Gasteiger partial charge is 0.236 e. The molecule has 0 saturated heterocycles. The minimum absolute atomic E-state index is 0.0623. The number of benzene rings is 2. The van der Waals surface area contributed by atoms with Gasteiger partial charge in [-0.2, -0.15) is 5.10 Å². The first-order chi connectivity index (χ1) is 13.7. The minimum atomic E-state index is -0.531. The fourth-order valence-electron chi connectivity index (χ4n) is 3.58. The van der Waals surface area contributed by atoms with Crippen molar-refractivity contribution in [1.29, 1.82) is 0 Å². The SMILES string of the molecule is O=C(NC1=NNC(c2ccccc2Cl)C=C1)C1(c2ccc3c(c2)OCO3)CC1. The molecule has 1 aliphatic carbocycles. The van der Waals surface area contributed by atoms with Crippen molar-refractivity contribution in [1.82, 2.24) is 10.7 Å². The van der Waals surface area contributed by atoms with Crippen LogP contribution in [0.5, 0.6) is 11.5 Å². The molecule has 2 aromatic rings. The summed E-state index contributed by atoms with van der Waals surface area (Å²) >= 11 is 6.24. The van der Waals surface area contributed by atoms with Gasteiger partial charge in [0, 0.05) is 5.02 Å². The van der Waals surface area contributed by atoms with Crippen molar-refractivity contribution in [2.45, 2.75) is 24.3 Å². The van der Waals surface area contributed by atoms with Crippen LogP contribution >= 0.6 is 11.6 Å². The van der Waals surface area contributed by atoms with Crippen LogP contribution in [-0.4, -0.2) is 18.5 Å². The number of rotatable bonds is 3. The van der Waals surface area contributed by atoms with Crippen LogP contribution in [0.25, 0.3) is 0 Å². The third-order valence-corrected chi connectivity index (χ3v) is 5.71. The number of carbonyl (C=O) groups excluding carboxylic acids is 1. The molecule has 2 heterocycles. The van der Waals surface area contributed by atoms with Crippen molar-refractivity contribution in [3.63, 3.8) is 0 Å². The zero-order valence-corrected chi connectivity index (χ0v) is 15.7. The van der Waals surface area contributed by atoms with Crippen LogP contribution < -0.4 is 20.2 Å². The third kappa shape index (κ3) is 2.90. The molecule has 3 aliphatic rings. The van der Waals surface area contributed by atoms with Crippen molar-refractivity contribution in [2.24, 2.45) is 5.10 Å². The molecule has 0 aromatic heterocycles. The number of carbonyl (C=O) groups is 1. The molecule has 6 nitrogen and oxygen atoms in total. The average Bonchev–Trinajstić information content (AvgIpc) is 3.40. The summed E-state index contributed by atoms with van der Waals surface area (Å²) in [5, 5.41) is 7.91. The summed E-state index contributed by atoms with van der Waals surface area (Å²) in [5.74, 6) is 1.83. The highest BCUT2D eigenvalue weighted by Crippen LogP contribution is 2.50. The Bertz CT molecular complexity index is 1010. The molecule has 0 bridgehead atoms. The Morgan fingerprint density at radius 2 is 2.00 bits per heavy atom. The number of nitrogens with zero attached hydrogens (tertiary/aromatic N) is 1. The topological polar surface area (TPSA) is 72.0 Å². The van der Waals surface area contributed by atoms with E-state index in [9.17, 15) is 4.79 Å². The van der Waals surface area contributed by atoms with E-state index in [-0.39, 0.29) is 18.7 Å². The van der Waals surface area contributed by atoms with Gasteiger partial charge in [0.05, 0.1) is 11.5 Å². The van der Waals surface area contributed by atoms with E-state index in [0.29, 0.717) is 16.6 Å². The molecule has 5 rings (SSSR count). The number of hydrogen-bond donors (Lipinski definition) is 2. The van der Waals surface area contributed by atoms with Crippen molar-refractivity contribution in [3.05, 3.63) is 70.8 Å². The van der Waals surface area contributed by atoms with Crippen molar-refractivity contribution in [3.8, 4) is 11.5 Å². The molecule has 1 unspecified atom stereocenters. The number of amidine groups is 1. The van der Waals surface area contributed by atoms with E-state index >= 15 is 0 Å². The van der Waals surface area contributed by atoms with Crippen LogP contribution in [0, 0.1) is 0 Å². The van der Waals surface area contributed by atoms with E-state index in [1.54, 1.807) is 6.08 Å². The lowest BCUT2D eigenvalue weighted by Gasteiger charge is -2.21. The van der Waals surface area contributed by atoms with Gasteiger partial charge in [-0.1, -0.05) is 41.9 Å². The Hall–Kier alpha value is -2.99. The van der Waals surface area contributed by atoms with Crippen molar-refractivity contribution < 1.29 is 14.3 Å². The summed E-state index contributed by atoms with van der Waals surface area (Å²) in [5.41, 5.74) is 4.39. The highest BCUT2D eigenvalue weighted by molar-refractivity contribution is 6.31. The molecule has 2 aliphatic heterocycles. The molecule has 2 N–H and O–H groups in total. The van der Waals surface area contributed by atoms with Gasteiger partial charge in [-0.15, -0.1) is 0 Å². The van der Waals surface area contributed by atoms with Gasteiger partial charge in [-0.3, -0.25) is 10.2 Å². The first kappa shape index (κ1) is 17.1. The molecule has 2 aromatic carbocycles. The van der Waals surface area contributed by atoms with Gasteiger partial charge in [-0.05, 0) is 48.2 Å².